The molecule has 3 rings (SSSR count). The molecule has 29 heavy (non-hydrogen) atoms. The fourth-order valence-corrected chi connectivity index (χ4v) is 3.79. The van der Waals surface area contributed by atoms with Crippen LogP contribution in [0.5, 0.6) is 5.75 Å². The van der Waals surface area contributed by atoms with Gasteiger partial charge in [-0.3, -0.25) is 4.79 Å². The summed E-state index contributed by atoms with van der Waals surface area (Å²) in [6, 6.07) is 10.3. The number of carbonyl (C=O) groups is 1. The van der Waals surface area contributed by atoms with Crippen LogP contribution in [0, 0.1) is 22.7 Å². The van der Waals surface area contributed by atoms with Crippen molar-refractivity contribution >= 4 is 46.2 Å². The van der Waals surface area contributed by atoms with Gasteiger partial charge in [-0.1, -0.05) is 34.8 Å². The van der Waals surface area contributed by atoms with Gasteiger partial charge < -0.3 is 15.4 Å². The predicted octanol–water partition coefficient (Wildman–Crippen LogP) is 4.14. The third kappa shape index (κ3) is 3.71. The second-order valence-electron chi connectivity index (χ2n) is 5.95. The maximum absolute atomic E-state index is 13.4. The van der Waals surface area contributed by atoms with Crippen LogP contribution >= 0.6 is 34.8 Å². The lowest BCUT2D eigenvalue weighted by Crippen LogP contribution is -2.19. The smallest absolute Gasteiger partial charge is 0.197 e. The van der Waals surface area contributed by atoms with E-state index in [2.05, 4.69) is 10.6 Å². The van der Waals surface area contributed by atoms with E-state index in [1.807, 2.05) is 12.1 Å². The summed E-state index contributed by atoms with van der Waals surface area (Å²) in [6.07, 6.45) is 0. The van der Waals surface area contributed by atoms with E-state index in [9.17, 15) is 15.3 Å². The maximum Gasteiger partial charge on any atom is 0.197 e. The molecule has 0 radical (unpaired) electrons. The van der Waals surface area contributed by atoms with Crippen molar-refractivity contribution in [2.45, 2.75) is 0 Å². The summed E-state index contributed by atoms with van der Waals surface area (Å²) in [5.41, 5.74) is 0.313. The summed E-state index contributed by atoms with van der Waals surface area (Å²) in [5, 5.41) is 24.8. The average molecular weight is 448 g/mol. The first-order valence-electron chi connectivity index (χ1n) is 8.36. The zero-order valence-electron chi connectivity index (χ0n) is 15.1. The molecule has 2 aromatic carbocycles. The van der Waals surface area contributed by atoms with Gasteiger partial charge in [0.15, 0.2) is 5.78 Å². The Bertz CT molecular complexity index is 1100. The standard InChI is InChI=1S/C20H13Cl3N4O2/c1-29-11-4-2-10(3-5-11)19(28)15(20-26-6-7-27-20)14-12(8-24)16(21)13(9-25)17(22)18(14)23/h2-5,26-27H,6-7H2,1H3. The Kier molecular flexibility index (Phi) is 6.20. The Morgan fingerprint density at radius 3 is 2.07 bits per heavy atom. The molecule has 0 saturated carbocycles. The SMILES string of the molecule is COc1ccc(C(=O)C(=C2NCCN2)c2c(Cl)c(Cl)c(C#N)c(Cl)c2C#N)cc1. The van der Waals surface area contributed by atoms with Crippen LogP contribution < -0.4 is 15.4 Å². The van der Waals surface area contributed by atoms with Gasteiger partial charge in [-0.25, -0.2) is 0 Å². The van der Waals surface area contributed by atoms with Gasteiger partial charge in [-0.2, -0.15) is 10.5 Å². The number of hydrogen-bond donors (Lipinski definition) is 2. The molecule has 1 fully saturated rings. The number of ketones is 1. The molecule has 2 N–H and O–H groups in total. The number of nitrogens with zero attached hydrogens (tertiary/aromatic N) is 2. The van der Waals surface area contributed by atoms with Crippen LogP contribution in [-0.2, 0) is 0 Å². The molecule has 1 aliphatic heterocycles. The first-order chi connectivity index (χ1) is 13.9. The number of hydrogen-bond acceptors (Lipinski definition) is 6. The predicted molar refractivity (Wildman–Crippen MR) is 111 cm³/mol. The van der Waals surface area contributed by atoms with Crippen LogP contribution in [0.1, 0.15) is 27.0 Å². The first-order valence-corrected chi connectivity index (χ1v) is 9.49. The molecule has 1 aliphatic rings. The van der Waals surface area contributed by atoms with Crippen LogP contribution in [0.3, 0.4) is 0 Å². The van der Waals surface area contributed by atoms with E-state index in [4.69, 9.17) is 39.5 Å². The largest absolute Gasteiger partial charge is 0.497 e. The van der Waals surface area contributed by atoms with Crippen molar-refractivity contribution in [2.24, 2.45) is 0 Å². The van der Waals surface area contributed by atoms with E-state index in [0.717, 1.165) is 0 Å². The molecule has 0 spiro atoms. The molecule has 0 amide bonds. The Morgan fingerprint density at radius 1 is 0.966 bits per heavy atom. The highest BCUT2D eigenvalue weighted by Crippen LogP contribution is 2.42. The number of halogens is 3. The molecule has 9 heteroatoms. The molecule has 146 valence electrons. The molecule has 0 bridgehead atoms. The van der Waals surface area contributed by atoms with E-state index >= 15 is 0 Å². The third-order valence-electron chi connectivity index (χ3n) is 4.35. The first kappa shape index (κ1) is 20.8. The van der Waals surface area contributed by atoms with Crippen LogP contribution in [-0.4, -0.2) is 26.0 Å². The minimum absolute atomic E-state index is 0.0703. The van der Waals surface area contributed by atoms with Gasteiger partial charge in [0.25, 0.3) is 0 Å². The lowest BCUT2D eigenvalue weighted by Gasteiger charge is -2.17. The van der Waals surface area contributed by atoms with Gasteiger partial charge in [-0.05, 0) is 24.3 Å². The lowest BCUT2D eigenvalue weighted by molar-refractivity contribution is 0.105. The van der Waals surface area contributed by atoms with Gasteiger partial charge in [0.2, 0.25) is 0 Å². The van der Waals surface area contributed by atoms with E-state index in [1.54, 1.807) is 24.3 Å². The summed E-state index contributed by atoms with van der Waals surface area (Å²) in [5.74, 6) is 0.592. The Morgan fingerprint density at radius 2 is 1.55 bits per heavy atom. The number of allylic oxidation sites excluding steroid dienone is 1. The average Bonchev–Trinajstić information content (AvgIpc) is 3.26. The summed E-state index contributed by atoms with van der Waals surface area (Å²) in [6.45, 7) is 1.15. The van der Waals surface area contributed by atoms with Crippen molar-refractivity contribution in [2.75, 3.05) is 20.2 Å². The van der Waals surface area contributed by atoms with Crippen molar-refractivity contribution in [3.05, 3.63) is 67.4 Å². The zero-order chi connectivity index (χ0) is 21.1. The zero-order valence-corrected chi connectivity index (χ0v) is 17.3. The highest BCUT2D eigenvalue weighted by molar-refractivity contribution is 6.47. The molecule has 1 heterocycles. The minimum Gasteiger partial charge on any atom is -0.497 e. The normalized spacial score (nSPS) is 12.4. The number of carbonyl (C=O) groups excluding carboxylic acids is 1. The highest BCUT2D eigenvalue weighted by Gasteiger charge is 2.30. The van der Waals surface area contributed by atoms with Gasteiger partial charge in [-0.15, -0.1) is 0 Å². The molecule has 0 aliphatic carbocycles. The van der Waals surface area contributed by atoms with Gasteiger partial charge in [0, 0.05) is 24.2 Å². The number of methoxy groups -OCH3 is 1. The number of nitriles is 2. The summed E-state index contributed by atoms with van der Waals surface area (Å²) < 4.78 is 5.13. The van der Waals surface area contributed by atoms with E-state index in [0.29, 0.717) is 30.2 Å². The van der Waals surface area contributed by atoms with E-state index < -0.39 is 5.78 Å². The molecular formula is C20H13Cl3N4O2. The van der Waals surface area contributed by atoms with Crippen molar-refractivity contribution < 1.29 is 9.53 Å². The third-order valence-corrected chi connectivity index (χ3v) is 5.58. The van der Waals surface area contributed by atoms with Crippen LogP contribution in [0.2, 0.25) is 15.1 Å². The van der Waals surface area contributed by atoms with Crippen LogP contribution in [0.4, 0.5) is 0 Å². The molecule has 2 aromatic rings. The number of rotatable bonds is 4. The van der Waals surface area contributed by atoms with Crippen LogP contribution in [0.15, 0.2) is 30.1 Å². The molecule has 0 atom stereocenters. The van der Waals surface area contributed by atoms with Gasteiger partial charge >= 0.3 is 0 Å². The van der Waals surface area contributed by atoms with Crippen molar-refractivity contribution in [1.29, 1.82) is 10.5 Å². The molecular weight excluding hydrogens is 435 g/mol. The highest BCUT2D eigenvalue weighted by atomic mass is 35.5. The second-order valence-corrected chi connectivity index (χ2v) is 7.09. The molecule has 0 unspecified atom stereocenters. The number of nitrogens with one attached hydrogen (secondary N) is 2. The summed E-state index contributed by atoms with van der Waals surface area (Å²) in [7, 11) is 1.52. The van der Waals surface area contributed by atoms with E-state index in [-0.39, 0.29) is 37.3 Å². The second kappa shape index (κ2) is 8.63. The lowest BCUT2D eigenvalue weighted by atomic mass is 9.91. The fraction of sp³-hybridized carbons (Fsp3) is 0.150. The molecule has 1 saturated heterocycles. The summed E-state index contributed by atoms with van der Waals surface area (Å²) >= 11 is 18.9. The summed E-state index contributed by atoms with van der Waals surface area (Å²) in [4.78, 5) is 13.4. The molecule has 0 aromatic heterocycles. The van der Waals surface area contributed by atoms with Crippen molar-refractivity contribution in [3.8, 4) is 17.9 Å². The Labute approximate surface area is 182 Å². The quantitative estimate of drug-likeness (QED) is 0.415. The number of Topliss-reactive ketones (excluding diaryl/α,β-unsaturated/α-hetero) is 1. The Hall–Kier alpha value is -2.90. The van der Waals surface area contributed by atoms with Crippen LogP contribution in [0.25, 0.3) is 5.57 Å². The monoisotopic (exact) mass is 446 g/mol. The topological polar surface area (TPSA) is 97.9 Å². The van der Waals surface area contributed by atoms with Crippen molar-refractivity contribution in [1.82, 2.24) is 10.6 Å². The maximum atomic E-state index is 13.4. The number of benzene rings is 2. The minimum atomic E-state index is -0.403. The fourth-order valence-electron chi connectivity index (χ4n) is 2.95. The Balaban J connectivity index is 2.31. The number of ether oxygens (including phenoxy) is 1. The van der Waals surface area contributed by atoms with Crippen molar-refractivity contribution in [3.63, 3.8) is 0 Å². The molecule has 6 nitrogen and oxygen atoms in total. The van der Waals surface area contributed by atoms with E-state index in [1.165, 1.54) is 7.11 Å². The van der Waals surface area contributed by atoms with Gasteiger partial charge in [0.05, 0.1) is 38.9 Å². The van der Waals surface area contributed by atoms with Gasteiger partial charge in [0.1, 0.15) is 23.7 Å².